The number of hydrogen-bond acceptors (Lipinski definition) is 4. The molecule has 28 heavy (non-hydrogen) atoms. The number of carbonyl (C=O) groups is 4. The van der Waals surface area contributed by atoms with Crippen molar-refractivity contribution in [1.82, 2.24) is 0 Å². The van der Waals surface area contributed by atoms with Crippen molar-refractivity contribution < 1.29 is 19.2 Å². The van der Waals surface area contributed by atoms with Gasteiger partial charge in [-0.2, -0.15) is 0 Å². The summed E-state index contributed by atoms with van der Waals surface area (Å²) in [6, 6.07) is 9.83. The van der Waals surface area contributed by atoms with Gasteiger partial charge in [-0.25, -0.2) is 0 Å². The van der Waals surface area contributed by atoms with Gasteiger partial charge in [0.2, 0.25) is 11.8 Å². The molecule has 2 saturated carbocycles. The van der Waals surface area contributed by atoms with Crippen LogP contribution in [0.4, 0.5) is 11.4 Å². The van der Waals surface area contributed by atoms with E-state index in [4.69, 9.17) is 0 Å². The molecule has 2 aromatic rings. The van der Waals surface area contributed by atoms with Crippen LogP contribution < -0.4 is 10.6 Å². The van der Waals surface area contributed by atoms with E-state index in [1.54, 1.807) is 36.4 Å². The highest BCUT2D eigenvalue weighted by Gasteiger charge is 2.37. The van der Waals surface area contributed by atoms with Gasteiger partial charge in [-0.1, -0.05) is 24.3 Å². The Balaban J connectivity index is 1.63. The summed E-state index contributed by atoms with van der Waals surface area (Å²) in [4.78, 5) is 51.0. The molecule has 2 N–H and O–H groups in total. The Bertz CT molecular complexity index is 980. The van der Waals surface area contributed by atoms with Gasteiger partial charge in [0.25, 0.3) is 0 Å². The second kappa shape index (κ2) is 6.12. The Morgan fingerprint density at radius 1 is 0.679 bits per heavy atom. The van der Waals surface area contributed by atoms with Crippen molar-refractivity contribution in [3.05, 3.63) is 58.7 Å². The molecule has 3 aliphatic rings. The maximum absolute atomic E-state index is 13.2. The van der Waals surface area contributed by atoms with Gasteiger partial charge in [0.05, 0.1) is 22.5 Å². The zero-order chi connectivity index (χ0) is 19.4. The molecule has 3 aliphatic carbocycles. The Morgan fingerprint density at radius 2 is 1.07 bits per heavy atom. The average Bonchev–Trinajstić information content (AvgIpc) is 3.58. The highest BCUT2D eigenvalue weighted by Crippen LogP contribution is 2.39. The number of rotatable bonds is 4. The van der Waals surface area contributed by atoms with Crippen LogP contribution in [0, 0.1) is 11.8 Å². The van der Waals surface area contributed by atoms with Crippen LogP contribution in [0.2, 0.25) is 0 Å². The van der Waals surface area contributed by atoms with Gasteiger partial charge in [0, 0.05) is 23.0 Å². The molecule has 0 aromatic heterocycles. The summed E-state index contributed by atoms with van der Waals surface area (Å²) in [6.07, 6.45) is 3.33. The third kappa shape index (κ3) is 2.72. The van der Waals surface area contributed by atoms with Crippen LogP contribution in [0.3, 0.4) is 0 Å². The van der Waals surface area contributed by atoms with Crippen molar-refractivity contribution >= 4 is 34.8 Å². The lowest BCUT2D eigenvalue weighted by Gasteiger charge is -2.23. The first-order valence-electron chi connectivity index (χ1n) is 9.51. The van der Waals surface area contributed by atoms with E-state index in [0.29, 0.717) is 22.5 Å². The van der Waals surface area contributed by atoms with Crippen LogP contribution >= 0.6 is 0 Å². The molecule has 0 bridgehead atoms. The molecular formula is C22H18N2O4. The summed E-state index contributed by atoms with van der Waals surface area (Å²) in [5.74, 6) is -0.997. The van der Waals surface area contributed by atoms with E-state index in [1.807, 2.05) is 0 Å². The standard InChI is InChI=1S/C22H18N2O4/c25-19-13-3-1-2-4-14(13)20(26)18-16(24-22(28)12-7-8-12)10-9-15(17(18)19)23-21(27)11-5-6-11/h1-4,9-12H,5-8H2,(H,23,27)(H,24,28). The summed E-state index contributed by atoms with van der Waals surface area (Å²) in [5, 5.41) is 5.61. The molecule has 2 aromatic carbocycles. The quantitative estimate of drug-likeness (QED) is 0.734. The summed E-state index contributed by atoms with van der Waals surface area (Å²) in [6.45, 7) is 0. The van der Waals surface area contributed by atoms with Crippen LogP contribution in [0.5, 0.6) is 0 Å². The third-order valence-electron chi connectivity index (χ3n) is 5.49. The largest absolute Gasteiger partial charge is 0.325 e. The van der Waals surface area contributed by atoms with Gasteiger partial charge in [0.1, 0.15) is 0 Å². The van der Waals surface area contributed by atoms with Crippen LogP contribution in [-0.4, -0.2) is 23.4 Å². The molecule has 2 amide bonds. The van der Waals surface area contributed by atoms with Crippen molar-refractivity contribution in [3.8, 4) is 0 Å². The van der Waals surface area contributed by atoms with E-state index in [9.17, 15) is 19.2 Å². The average molecular weight is 374 g/mol. The van der Waals surface area contributed by atoms with Crippen molar-refractivity contribution in [2.45, 2.75) is 25.7 Å². The summed E-state index contributed by atoms with van der Waals surface area (Å²) in [5.41, 5.74) is 1.59. The first-order valence-corrected chi connectivity index (χ1v) is 9.51. The normalized spacial score (nSPS) is 17.6. The minimum Gasteiger partial charge on any atom is -0.325 e. The van der Waals surface area contributed by atoms with Crippen molar-refractivity contribution in [3.63, 3.8) is 0 Å². The van der Waals surface area contributed by atoms with Gasteiger partial charge in [0.15, 0.2) is 11.6 Å². The van der Waals surface area contributed by atoms with Gasteiger partial charge < -0.3 is 10.6 Å². The van der Waals surface area contributed by atoms with Crippen molar-refractivity contribution in [2.75, 3.05) is 10.6 Å². The summed E-state index contributed by atoms with van der Waals surface area (Å²) < 4.78 is 0. The predicted molar refractivity (Wildman–Crippen MR) is 102 cm³/mol. The Labute approximate surface area is 161 Å². The van der Waals surface area contributed by atoms with Gasteiger partial charge in [-0.05, 0) is 37.8 Å². The smallest absolute Gasteiger partial charge is 0.227 e. The Morgan fingerprint density at radius 3 is 1.43 bits per heavy atom. The fraction of sp³-hybridized carbons (Fsp3) is 0.273. The van der Waals surface area contributed by atoms with Crippen molar-refractivity contribution in [2.24, 2.45) is 11.8 Å². The number of amides is 2. The third-order valence-corrected chi connectivity index (χ3v) is 5.49. The van der Waals surface area contributed by atoms with Crippen LogP contribution in [-0.2, 0) is 9.59 Å². The number of ketones is 2. The Kier molecular flexibility index (Phi) is 3.69. The molecule has 0 heterocycles. The molecule has 0 unspecified atom stereocenters. The minimum absolute atomic E-state index is 0.0356. The molecule has 0 saturated heterocycles. The number of benzene rings is 2. The molecule has 0 radical (unpaired) electrons. The lowest BCUT2D eigenvalue weighted by atomic mass is 9.82. The van der Waals surface area contributed by atoms with E-state index in [1.165, 1.54) is 0 Å². The lowest BCUT2D eigenvalue weighted by molar-refractivity contribution is -0.118. The highest BCUT2D eigenvalue weighted by atomic mass is 16.2. The summed E-state index contributed by atoms with van der Waals surface area (Å²) >= 11 is 0. The van der Waals surface area contributed by atoms with E-state index in [-0.39, 0.29) is 46.3 Å². The maximum Gasteiger partial charge on any atom is 0.227 e. The number of anilines is 2. The van der Waals surface area contributed by atoms with E-state index >= 15 is 0 Å². The van der Waals surface area contributed by atoms with Crippen molar-refractivity contribution in [1.29, 1.82) is 0 Å². The van der Waals surface area contributed by atoms with E-state index in [0.717, 1.165) is 25.7 Å². The monoisotopic (exact) mass is 374 g/mol. The second-order valence-corrected chi connectivity index (χ2v) is 7.64. The zero-order valence-electron chi connectivity index (χ0n) is 15.1. The molecule has 140 valence electrons. The SMILES string of the molecule is O=C1c2ccccc2C(=O)c2c(NC(=O)C3CC3)ccc(NC(=O)C3CC3)c21. The second-order valence-electron chi connectivity index (χ2n) is 7.64. The molecule has 6 heteroatoms. The molecular weight excluding hydrogens is 356 g/mol. The topological polar surface area (TPSA) is 92.3 Å². The zero-order valence-corrected chi connectivity index (χ0v) is 15.1. The lowest BCUT2D eigenvalue weighted by Crippen LogP contribution is -2.26. The van der Waals surface area contributed by atoms with Gasteiger partial charge in [-0.3, -0.25) is 19.2 Å². The molecule has 5 rings (SSSR count). The molecule has 2 fully saturated rings. The highest BCUT2D eigenvalue weighted by molar-refractivity contribution is 6.32. The fourth-order valence-electron chi connectivity index (χ4n) is 3.59. The minimum atomic E-state index is -0.321. The Hall–Kier alpha value is -3.28. The van der Waals surface area contributed by atoms with E-state index < -0.39 is 0 Å². The molecule has 6 nitrogen and oxygen atoms in total. The molecule has 0 atom stereocenters. The van der Waals surface area contributed by atoms with Crippen LogP contribution in [0.25, 0.3) is 0 Å². The molecule has 0 spiro atoms. The summed E-state index contributed by atoms with van der Waals surface area (Å²) in [7, 11) is 0. The number of hydrogen-bond donors (Lipinski definition) is 2. The van der Waals surface area contributed by atoms with Gasteiger partial charge in [-0.15, -0.1) is 0 Å². The predicted octanol–water partition coefficient (Wildman–Crippen LogP) is 3.16. The van der Waals surface area contributed by atoms with Gasteiger partial charge >= 0.3 is 0 Å². The number of nitrogens with one attached hydrogen (secondary N) is 2. The van der Waals surface area contributed by atoms with Crippen LogP contribution in [0.1, 0.15) is 57.5 Å². The number of carbonyl (C=O) groups excluding carboxylic acids is 4. The maximum atomic E-state index is 13.2. The fourth-order valence-corrected chi connectivity index (χ4v) is 3.59. The van der Waals surface area contributed by atoms with E-state index in [2.05, 4.69) is 10.6 Å². The first kappa shape index (κ1) is 16.9. The molecule has 0 aliphatic heterocycles. The number of fused-ring (bicyclic) bond motifs is 2. The first-order chi connectivity index (χ1) is 13.5. The van der Waals surface area contributed by atoms with Crippen LogP contribution in [0.15, 0.2) is 36.4 Å².